The number of aliphatic hydroxyl groups excluding tert-OH is 1. The van der Waals surface area contributed by atoms with Gasteiger partial charge in [-0.05, 0) is 18.6 Å². The lowest BCUT2D eigenvalue weighted by Gasteiger charge is -2.11. The van der Waals surface area contributed by atoms with Gasteiger partial charge in [-0.3, -0.25) is 0 Å². The zero-order valence-electron chi connectivity index (χ0n) is 9.70. The van der Waals surface area contributed by atoms with Gasteiger partial charge >= 0.3 is 6.18 Å². The van der Waals surface area contributed by atoms with Gasteiger partial charge in [0.15, 0.2) is 5.01 Å². The Morgan fingerprint density at radius 3 is 2.58 bits per heavy atom. The van der Waals surface area contributed by atoms with E-state index in [0.29, 0.717) is 21.9 Å². The van der Waals surface area contributed by atoms with Crippen molar-refractivity contribution in [3.05, 3.63) is 50.4 Å². The maximum atomic E-state index is 12.4. The molecule has 0 saturated carbocycles. The van der Waals surface area contributed by atoms with Gasteiger partial charge in [-0.1, -0.05) is 23.7 Å². The first-order valence-corrected chi connectivity index (χ1v) is 6.45. The standard InChI is InChI=1S/C12H9ClF3NOS/c1-6-2-3-7(8(13)4-6)10(18)9-5-17-11(19-9)12(14,15)16/h2-5,10,18H,1H3. The number of benzene rings is 1. The third-order valence-electron chi connectivity index (χ3n) is 2.49. The Bertz CT molecular complexity index is 597. The summed E-state index contributed by atoms with van der Waals surface area (Å²) in [7, 11) is 0. The van der Waals surface area contributed by atoms with E-state index in [0.717, 1.165) is 11.8 Å². The van der Waals surface area contributed by atoms with E-state index >= 15 is 0 Å². The van der Waals surface area contributed by atoms with E-state index in [1.807, 2.05) is 6.92 Å². The molecule has 0 bridgehead atoms. The van der Waals surface area contributed by atoms with Crippen molar-refractivity contribution >= 4 is 22.9 Å². The number of nitrogens with zero attached hydrogens (tertiary/aromatic N) is 1. The van der Waals surface area contributed by atoms with E-state index in [1.54, 1.807) is 18.2 Å². The Labute approximate surface area is 116 Å². The maximum absolute atomic E-state index is 12.4. The van der Waals surface area contributed by atoms with Crippen molar-refractivity contribution in [2.45, 2.75) is 19.2 Å². The molecule has 2 rings (SSSR count). The minimum absolute atomic E-state index is 0.109. The zero-order valence-corrected chi connectivity index (χ0v) is 11.3. The van der Waals surface area contributed by atoms with Crippen molar-refractivity contribution in [3.8, 4) is 0 Å². The van der Waals surface area contributed by atoms with Gasteiger partial charge in [-0.15, -0.1) is 11.3 Å². The van der Waals surface area contributed by atoms with Crippen molar-refractivity contribution in [3.63, 3.8) is 0 Å². The molecular formula is C12H9ClF3NOS. The highest BCUT2D eigenvalue weighted by Crippen LogP contribution is 2.37. The molecule has 0 spiro atoms. The van der Waals surface area contributed by atoms with Gasteiger partial charge in [0.1, 0.15) is 6.10 Å². The monoisotopic (exact) mass is 307 g/mol. The smallest absolute Gasteiger partial charge is 0.383 e. The highest BCUT2D eigenvalue weighted by atomic mass is 35.5. The molecule has 0 aliphatic rings. The van der Waals surface area contributed by atoms with E-state index in [4.69, 9.17) is 11.6 Å². The Balaban J connectivity index is 2.34. The van der Waals surface area contributed by atoms with E-state index < -0.39 is 17.3 Å². The molecule has 7 heteroatoms. The summed E-state index contributed by atoms with van der Waals surface area (Å²) in [5.74, 6) is 0. The molecular weight excluding hydrogens is 299 g/mol. The van der Waals surface area contributed by atoms with Gasteiger partial charge in [0.05, 0.1) is 4.88 Å². The molecule has 1 heterocycles. The quantitative estimate of drug-likeness (QED) is 0.901. The molecule has 0 aliphatic heterocycles. The number of hydrogen-bond donors (Lipinski definition) is 1. The van der Waals surface area contributed by atoms with Gasteiger partial charge in [0.25, 0.3) is 0 Å². The summed E-state index contributed by atoms with van der Waals surface area (Å²) in [4.78, 5) is 3.38. The van der Waals surface area contributed by atoms with Crippen LogP contribution in [0.2, 0.25) is 5.02 Å². The number of rotatable bonds is 2. The van der Waals surface area contributed by atoms with Crippen molar-refractivity contribution in [2.75, 3.05) is 0 Å². The van der Waals surface area contributed by atoms with Gasteiger partial charge in [-0.25, -0.2) is 4.98 Å². The molecule has 102 valence electrons. The van der Waals surface area contributed by atoms with Crippen LogP contribution in [0.25, 0.3) is 0 Å². The predicted octanol–water partition coefficient (Wildman–Crippen LogP) is 4.21. The van der Waals surface area contributed by atoms with Crippen LogP contribution in [-0.2, 0) is 6.18 Å². The van der Waals surface area contributed by atoms with Crippen LogP contribution in [0.4, 0.5) is 13.2 Å². The first-order valence-electron chi connectivity index (χ1n) is 5.26. The number of thiazole rings is 1. The number of aromatic nitrogens is 1. The van der Waals surface area contributed by atoms with Gasteiger partial charge in [0, 0.05) is 16.8 Å². The number of hydrogen-bond acceptors (Lipinski definition) is 3. The second-order valence-electron chi connectivity index (χ2n) is 3.99. The molecule has 2 nitrogen and oxygen atoms in total. The fourth-order valence-electron chi connectivity index (χ4n) is 1.55. The third kappa shape index (κ3) is 3.08. The average molecular weight is 308 g/mol. The normalized spacial score (nSPS) is 13.6. The van der Waals surface area contributed by atoms with Gasteiger partial charge in [-0.2, -0.15) is 13.2 Å². The van der Waals surface area contributed by atoms with Crippen molar-refractivity contribution in [1.82, 2.24) is 4.98 Å². The Kier molecular flexibility index (Phi) is 3.85. The molecule has 1 aromatic heterocycles. The zero-order chi connectivity index (χ0) is 14.2. The molecule has 0 fully saturated rings. The molecule has 0 saturated heterocycles. The lowest BCUT2D eigenvalue weighted by Crippen LogP contribution is -2.03. The molecule has 1 N–H and O–H groups in total. The van der Waals surface area contributed by atoms with E-state index in [1.165, 1.54) is 0 Å². The Hall–Kier alpha value is -1.11. The summed E-state index contributed by atoms with van der Waals surface area (Å²) in [5, 5.41) is 9.39. The summed E-state index contributed by atoms with van der Waals surface area (Å²) in [6.07, 6.45) is -4.68. The van der Waals surface area contributed by atoms with E-state index in [2.05, 4.69) is 4.98 Å². The van der Waals surface area contributed by atoms with Crippen LogP contribution in [0, 0.1) is 6.92 Å². The fourth-order valence-corrected chi connectivity index (χ4v) is 2.68. The molecule has 1 unspecified atom stereocenters. The van der Waals surface area contributed by atoms with E-state index in [9.17, 15) is 18.3 Å². The molecule has 19 heavy (non-hydrogen) atoms. The summed E-state index contributed by atoms with van der Waals surface area (Å²) in [5.41, 5.74) is 1.27. The highest BCUT2D eigenvalue weighted by molar-refractivity contribution is 7.11. The lowest BCUT2D eigenvalue weighted by molar-refractivity contribution is -0.137. The molecule has 1 aromatic carbocycles. The summed E-state index contributed by atoms with van der Waals surface area (Å²) in [6.45, 7) is 1.83. The molecule has 0 aliphatic carbocycles. The fraction of sp³-hybridized carbons (Fsp3) is 0.250. The number of halogens is 4. The van der Waals surface area contributed by atoms with Crippen LogP contribution in [0.15, 0.2) is 24.4 Å². The minimum Gasteiger partial charge on any atom is -0.383 e. The minimum atomic E-state index is -4.50. The van der Waals surface area contributed by atoms with Crippen LogP contribution >= 0.6 is 22.9 Å². The number of aryl methyl sites for hydroxylation is 1. The molecule has 1 atom stereocenters. The van der Waals surface area contributed by atoms with Gasteiger partial charge < -0.3 is 5.11 Å². The summed E-state index contributed by atoms with van der Waals surface area (Å²) >= 11 is 6.38. The second-order valence-corrected chi connectivity index (χ2v) is 5.46. The van der Waals surface area contributed by atoms with Crippen LogP contribution < -0.4 is 0 Å². The van der Waals surface area contributed by atoms with Crippen LogP contribution in [0.5, 0.6) is 0 Å². The Morgan fingerprint density at radius 1 is 1.37 bits per heavy atom. The summed E-state index contributed by atoms with van der Waals surface area (Å²) in [6, 6.07) is 4.97. The average Bonchev–Trinajstić information content (AvgIpc) is 2.76. The first kappa shape index (κ1) is 14.3. The van der Waals surface area contributed by atoms with Crippen molar-refractivity contribution < 1.29 is 18.3 Å². The molecule has 0 amide bonds. The molecule has 2 aromatic rings. The van der Waals surface area contributed by atoms with Crippen LogP contribution in [-0.4, -0.2) is 10.1 Å². The van der Waals surface area contributed by atoms with Crippen molar-refractivity contribution in [2.24, 2.45) is 0 Å². The third-order valence-corrected chi connectivity index (χ3v) is 3.91. The van der Waals surface area contributed by atoms with Crippen molar-refractivity contribution in [1.29, 1.82) is 0 Å². The Morgan fingerprint density at radius 2 is 2.05 bits per heavy atom. The highest BCUT2D eigenvalue weighted by Gasteiger charge is 2.35. The molecule has 0 radical (unpaired) electrons. The first-order chi connectivity index (χ1) is 8.79. The lowest BCUT2D eigenvalue weighted by atomic mass is 10.1. The summed E-state index contributed by atoms with van der Waals surface area (Å²) < 4.78 is 37.3. The topological polar surface area (TPSA) is 33.1 Å². The van der Waals surface area contributed by atoms with Gasteiger partial charge in [0.2, 0.25) is 0 Å². The number of aliphatic hydroxyl groups is 1. The van der Waals surface area contributed by atoms with Crippen LogP contribution in [0.3, 0.4) is 0 Å². The second kappa shape index (κ2) is 5.11. The predicted molar refractivity (Wildman–Crippen MR) is 67.4 cm³/mol. The maximum Gasteiger partial charge on any atom is 0.443 e. The SMILES string of the molecule is Cc1ccc(C(O)c2cnc(C(F)(F)F)s2)c(Cl)c1. The largest absolute Gasteiger partial charge is 0.443 e. The van der Waals surface area contributed by atoms with Crippen LogP contribution in [0.1, 0.15) is 27.1 Å². The van der Waals surface area contributed by atoms with E-state index in [-0.39, 0.29) is 4.88 Å². The number of alkyl halides is 3.